The lowest BCUT2D eigenvalue weighted by Gasteiger charge is -2.34. The first kappa shape index (κ1) is 26.8. The van der Waals surface area contributed by atoms with Gasteiger partial charge >= 0.3 is 5.97 Å². The van der Waals surface area contributed by atoms with Gasteiger partial charge in [-0.2, -0.15) is 0 Å². The summed E-state index contributed by atoms with van der Waals surface area (Å²) in [6, 6.07) is 10.9. The Morgan fingerprint density at radius 1 is 1.14 bits per heavy atom. The van der Waals surface area contributed by atoms with Crippen molar-refractivity contribution in [2.24, 2.45) is 11.3 Å². The van der Waals surface area contributed by atoms with Crippen molar-refractivity contribution in [3.8, 4) is 5.75 Å². The summed E-state index contributed by atoms with van der Waals surface area (Å²) >= 11 is 0. The molecule has 1 aliphatic carbocycles. The van der Waals surface area contributed by atoms with E-state index in [-0.39, 0.29) is 12.3 Å². The molecule has 1 unspecified atom stereocenters. The fourth-order valence-corrected chi connectivity index (χ4v) is 5.45. The molecule has 2 aromatic rings. The molecule has 1 aromatic heterocycles. The van der Waals surface area contributed by atoms with Crippen LogP contribution in [0.1, 0.15) is 57.4 Å². The molecule has 2 aliphatic rings. The number of hydrogen-bond acceptors (Lipinski definition) is 6. The summed E-state index contributed by atoms with van der Waals surface area (Å²) in [5, 5.41) is 16.0. The van der Waals surface area contributed by atoms with Gasteiger partial charge in [0.15, 0.2) is 0 Å². The summed E-state index contributed by atoms with van der Waals surface area (Å²) in [7, 11) is 1.65. The number of aromatic nitrogens is 1. The van der Waals surface area contributed by atoms with Crippen LogP contribution in [0.15, 0.2) is 42.6 Å². The van der Waals surface area contributed by atoms with Crippen LogP contribution < -0.4 is 20.3 Å². The molecule has 0 radical (unpaired) electrons. The van der Waals surface area contributed by atoms with Crippen LogP contribution in [0.25, 0.3) is 0 Å². The van der Waals surface area contributed by atoms with Gasteiger partial charge in [0.1, 0.15) is 17.6 Å². The molecule has 1 amide bonds. The van der Waals surface area contributed by atoms with Crippen LogP contribution in [0.2, 0.25) is 0 Å². The second kappa shape index (κ2) is 12.3. The lowest BCUT2D eigenvalue weighted by molar-refractivity contribution is -0.144. The summed E-state index contributed by atoms with van der Waals surface area (Å²) in [5.41, 5.74) is 1.60. The SMILES string of the molecule is COc1ccnc(NCC2CCN(c3ccc(CC(NC(=O)C4(C)CCCCC4)C(=O)O)cc3)CC2)c1. The Morgan fingerprint density at radius 3 is 2.49 bits per heavy atom. The van der Waals surface area contributed by atoms with Crippen molar-refractivity contribution in [3.05, 3.63) is 48.2 Å². The van der Waals surface area contributed by atoms with Gasteiger partial charge in [-0.1, -0.05) is 38.3 Å². The summed E-state index contributed by atoms with van der Waals surface area (Å²) < 4.78 is 5.26. The number of carbonyl (C=O) groups excluding carboxylic acids is 1. The Balaban J connectivity index is 1.26. The average Bonchev–Trinajstić information content (AvgIpc) is 2.92. The molecule has 0 spiro atoms. The van der Waals surface area contributed by atoms with Crippen molar-refractivity contribution in [2.45, 2.75) is 64.3 Å². The number of benzene rings is 1. The van der Waals surface area contributed by atoms with Gasteiger partial charge in [-0.25, -0.2) is 9.78 Å². The second-order valence-corrected chi connectivity index (χ2v) is 10.7. The minimum atomic E-state index is -0.989. The topological polar surface area (TPSA) is 104 Å². The minimum absolute atomic E-state index is 0.129. The second-order valence-electron chi connectivity index (χ2n) is 10.7. The van der Waals surface area contributed by atoms with Crippen LogP contribution in [-0.2, 0) is 16.0 Å². The molecule has 37 heavy (non-hydrogen) atoms. The van der Waals surface area contributed by atoms with E-state index in [1.807, 2.05) is 31.2 Å². The predicted octanol–water partition coefficient (Wildman–Crippen LogP) is 4.50. The zero-order chi connectivity index (χ0) is 26.3. The van der Waals surface area contributed by atoms with Crippen LogP contribution in [-0.4, -0.2) is 54.8 Å². The summed E-state index contributed by atoms with van der Waals surface area (Å²) in [4.78, 5) is 31.5. The molecule has 1 saturated heterocycles. The fraction of sp³-hybridized carbons (Fsp3) is 0.552. The molecule has 1 atom stereocenters. The van der Waals surface area contributed by atoms with E-state index in [0.717, 1.165) is 87.4 Å². The summed E-state index contributed by atoms with van der Waals surface area (Å²) in [5.74, 6) is 1.09. The molecule has 200 valence electrons. The molecule has 2 heterocycles. The minimum Gasteiger partial charge on any atom is -0.497 e. The highest BCUT2D eigenvalue weighted by Crippen LogP contribution is 2.36. The smallest absolute Gasteiger partial charge is 0.326 e. The molecular formula is C29H40N4O4. The number of amides is 1. The molecule has 3 N–H and O–H groups in total. The van der Waals surface area contributed by atoms with Crippen LogP contribution in [0.3, 0.4) is 0 Å². The number of pyridine rings is 1. The van der Waals surface area contributed by atoms with Crippen LogP contribution in [0.5, 0.6) is 5.75 Å². The van der Waals surface area contributed by atoms with E-state index in [1.165, 1.54) is 0 Å². The van der Waals surface area contributed by atoms with Crippen LogP contribution >= 0.6 is 0 Å². The predicted molar refractivity (Wildman–Crippen MR) is 145 cm³/mol. The third-order valence-electron chi connectivity index (χ3n) is 8.00. The number of methoxy groups -OCH3 is 1. The van der Waals surface area contributed by atoms with Crippen molar-refractivity contribution >= 4 is 23.4 Å². The van der Waals surface area contributed by atoms with Gasteiger partial charge in [0.05, 0.1) is 7.11 Å². The molecule has 8 heteroatoms. The highest BCUT2D eigenvalue weighted by Gasteiger charge is 2.36. The number of piperidine rings is 1. The van der Waals surface area contributed by atoms with Crippen molar-refractivity contribution in [1.29, 1.82) is 0 Å². The highest BCUT2D eigenvalue weighted by molar-refractivity contribution is 5.87. The monoisotopic (exact) mass is 508 g/mol. The Kier molecular flexibility index (Phi) is 8.90. The van der Waals surface area contributed by atoms with Gasteiger partial charge in [-0.3, -0.25) is 4.79 Å². The maximum atomic E-state index is 12.9. The highest BCUT2D eigenvalue weighted by atomic mass is 16.5. The third kappa shape index (κ3) is 7.14. The van der Waals surface area contributed by atoms with Gasteiger partial charge in [-0.15, -0.1) is 0 Å². The van der Waals surface area contributed by atoms with Gasteiger partial charge in [0.25, 0.3) is 0 Å². The number of rotatable bonds is 10. The van der Waals surface area contributed by atoms with E-state index in [0.29, 0.717) is 5.92 Å². The zero-order valence-corrected chi connectivity index (χ0v) is 22.0. The average molecular weight is 509 g/mol. The molecule has 2 fully saturated rings. The molecule has 1 saturated carbocycles. The maximum Gasteiger partial charge on any atom is 0.326 e. The Bertz CT molecular complexity index is 1040. The number of hydrogen-bond donors (Lipinski definition) is 3. The number of carboxylic acids is 1. The molecule has 4 rings (SSSR count). The van der Waals surface area contributed by atoms with Crippen LogP contribution in [0.4, 0.5) is 11.5 Å². The van der Waals surface area contributed by atoms with Crippen LogP contribution in [0, 0.1) is 11.3 Å². The Labute approximate surface area is 219 Å². The van der Waals surface area contributed by atoms with Crippen molar-refractivity contribution in [1.82, 2.24) is 10.3 Å². The van der Waals surface area contributed by atoms with Crippen molar-refractivity contribution in [2.75, 3.05) is 37.0 Å². The molecule has 1 aliphatic heterocycles. The van der Waals surface area contributed by atoms with Gasteiger partial charge in [0, 0.05) is 49.4 Å². The number of aliphatic carboxylic acids is 1. The number of carboxylic acid groups (broad SMARTS) is 1. The van der Waals surface area contributed by atoms with Gasteiger partial charge in [-0.05, 0) is 55.4 Å². The van der Waals surface area contributed by atoms with E-state index in [9.17, 15) is 14.7 Å². The number of carbonyl (C=O) groups is 2. The number of nitrogens with one attached hydrogen (secondary N) is 2. The van der Waals surface area contributed by atoms with Gasteiger partial charge < -0.3 is 25.4 Å². The first-order chi connectivity index (χ1) is 17.9. The molecular weight excluding hydrogens is 468 g/mol. The molecule has 8 nitrogen and oxygen atoms in total. The standard InChI is InChI=1S/C29H40N4O4/c1-29(13-4-3-5-14-29)28(36)32-25(27(34)35)18-21-6-8-23(9-7-21)33-16-11-22(12-17-33)20-31-26-19-24(37-2)10-15-30-26/h6-10,15,19,22,25H,3-5,11-14,16-18,20H2,1-2H3,(H,30,31)(H,32,36)(H,34,35). The van der Waals surface area contributed by atoms with E-state index >= 15 is 0 Å². The number of nitrogens with zero attached hydrogens (tertiary/aromatic N) is 2. The van der Waals surface area contributed by atoms with Crippen molar-refractivity contribution in [3.63, 3.8) is 0 Å². The lowest BCUT2D eigenvalue weighted by atomic mass is 9.75. The lowest BCUT2D eigenvalue weighted by Crippen LogP contribution is -2.49. The van der Waals surface area contributed by atoms with Crippen molar-refractivity contribution < 1.29 is 19.4 Å². The third-order valence-corrected chi connectivity index (χ3v) is 8.00. The largest absolute Gasteiger partial charge is 0.497 e. The fourth-order valence-electron chi connectivity index (χ4n) is 5.45. The quantitative estimate of drug-likeness (QED) is 0.434. The van der Waals surface area contributed by atoms with E-state index < -0.39 is 17.4 Å². The zero-order valence-electron chi connectivity index (χ0n) is 22.0. The maximum absolute atomic E-state index is 12.9. The molecule has 0 bridgehead atoms. The normalized spacial score (nSPS) is 18.6. The summed E-state index contributed by atoms with van der Waals surface area (Å²) in [6.45, 7) is 4.80. The molecule has 1 aromatic carbocycles. The first-order valence-corrected chi connectivity index (χ1v) is 13.5. The number of anilines is 2. The van der Waals surface area contributed by atoms with Gasteiger partial charge in [0.2, 0.25) is 5.91 Å². The first-order valence-electron chi connectivity index (χ1n) is 13.5. The number of ether oxygens (including phenoxy) is 1. The summed E-state index contributed by atoms with van der Waals surface area (Å²) in [6.07, 6.45) is 9.05. The Morgan fingerprint density at radius 2 is 1.84 bits per heavy atom. The Hall–Kier alpha value is -3.29. The van der Waals surface area contributed by atoms with E-state index in [2.05, 4.69) is 32.7 Å². The van der Waals surface area contributed by atoms with E-state index in [4.69, 9.17) is 4.74 Å². The van der Waals surface area contributed by atoms with E-state index in [1.54, 1.807) is 13.3 Å².